The Morgan fingerprint density at radius 1 is 1.03 bits per heavy atom. The van der Waals surface area contributed by atoms with Crippen LogP contribution in [0.3, 0.4) is 0 Å². The summed E-state index contributed by atoms with van der Waals surface area (Å²) in [5, 5.41) is 4.24. The second-order valence-corrected chi connectivity index (χ2v) is 8.67. The number of nitrogens with one attached hydrogen (secondary N) is 1. The van der Waals surface area contributed by atoms with Crippen LogP contribution < -0.4 is 5.32 Å². The molecule has 4 heterocycles. The highest BCUT2D eigenvalue weighted by molar-refractivity contribution is 7.80. The number of para-hydroxylation sites is 1. The molecule has 5 rings (SSSR count). The van der Waals surface area contributed by atoms with Crippen LogP contribution >= 0.6 is 12.2 Å². The lowest BCUT2D eigenvalue weighted by Crippen LogP contribution is -2.29. The van der Waals surface area contributed by atoms with Crippen molar-refractivity contribution in [2.75, 3.05) is 0 Å². The predicted octanol–water partition coefficient (Wildman–Crippen LogP) is 5.56. The number of pyridine rings is 1. The number of nitrogens with zero attached hydrogens (tertiary/aromatic N) is 3. The van der Waals surface area contributed by atoms with Gasteiger partial charge in [0, 0.05) is 23.3 Å². The Labute approximate surface area is 193 Å². The highest BCUT2D eigenvalue weighted by atomic mass is 32.1. The van der Waals surface area contributed by atoms with Gasteiger partial charge < -0.3 is 19.2 Å². The van der Waals surface area contributed by atoms with E-state index >= 15 is 0 Å². The van der Waals surface area contributed by atoms with Gasteiger partial charge in [0.15, 0.2) is 5.11 Å². The zero-order chi connectivity index (χ0) is 22.2. The summed E-state index contributed by atoms with van der Waals surface area (Å²) in [5.41, 5.74) is 7.06. The molecule has 0 radical (unpaired) electrons. The van der Waals surface area contributed by atoms with Crippen molar-refractivity contribution in [2.45, 2.75) is 39.4 Å². The van der Waals surface area contributed by atoms with Gasteiger partial charge in [0.25, 0.3) is 0 Å². The van der Waals surface area contributed by atoms with Crippen LogP contribution in [0.25, 0.3) is 5.69 Å². The first-order valence-corrected chi connectivity index (χ1v) is 11.2. The lowest BCUT2D eigenvalue weighted by Gasteiger charge is -2.27. The molecule has 6 heteroatoms. The number of hydrogen-bond acceptors (Lipinski definition) is 3. The average molecular weight is 443 g/mol. The maximum atomic E-state index is 5.80. The van der Waals surface area contributed by atoms with Gasteiger partial charge in [-0.1, -0.05) is 24.3 Å². The van der Waals surface area contributed by atoms with Crippen LogP contribution in [0.2, 0.25) is 0 Å². The maximum absolute atomic E-state index is 5.80. The minimum Gasteiger partial charge on any atom is -0.467 e. The molecule has 5 nitrogen and oxygen atoms in total. The SMILES string of the molecule is Cc1ccccc1-n1c(C)cc([C@H]2[C@@H](c3ccccn3)NC(=S)N2Cc2ccco2)c1C. The molecule has 1 aliphatic rings. The molecule has 2 atom stereocenters. The highest BCUT2D eigenvalue weighted by Gasteiger charge is 2.41. The Bertz CT molecular complexity index is 1250. The second-order valence-electron chi connectivity index (χ2n) is 8.28. The number of furan rings is 1. The van der Waals surface area contributed by atoms with Crippen LogP contribution in [-0.4, -0.2) is 19.6 Å². The van der Waals surface area contributed by atoms with E-state index in [1.165, 1.54) is 28.2 Å². The van der Waals surface area contributed by atoms with Gasteiger partial charge in [0.1, 0.15) is 5.76 Å². The summed E-state index contributed by atoms with van der Waals surface area (Å²) in [6.45, 7) is 7.11. The van der Waals surface area contributed by atoms with Gasteiger partial charge in [0.2, 0.25) is 0 Å². The Hall–Kier alpha value is -3.38. The Kier molecular flexibility index (Phi) is 5.31. The van der Waals surface area contributed by atoms with Crippen molar-refractivity contribution in [3.05, 3.63) is 107 Å². The monoisotopic (exact) mass is 442 g/mol. The quantitative estimate of drug-likeness (QED) is 0.410. The predicted molar refractivity (Wildman–Crippen MR) is 130 cm³/mol. The molecule has 3 aromatic heterocycles. The molecule has 1 fully saturated rings. The number of hydrogen-bond donors (Lipinski definition) is 1. The molecule has 0 spiro atoms. The highest BCUT2D eigenvalue weighted by Crippen LogP contribution is 2.42. The molecule has 0 amide bonds. The molecule has 1 N–H and O–H groups in total. The summed E-state index contributed by atoms with van der Waals surface area (Å²) in [4.78, 5) is 6.87. The number of benzene rings is 1. The van der Waals surface area contributed by atoms with Crippen molar-refractivity contribution in [2.24, 2.45) is 0 Å². The van der Waals surface area contributed by atoms with Crippen LogP contribution in [0.4, 0.5) is 0 Å². The minimum absolute atomic E-state index is 0.00790. The maximum Gasteiger partial charge on any atom is 0.170 e. The van der Waals surface area contributed by atoms with Crippen LogP contribution in [0.15, 0.2) is 77.5 Å². The average Bonchev–Trinajstić information content (AvgIpc) is 3.49. The normalized spacial score (nSPS) is 18.2. The van der Waals surface area contributed by atoms with E-state index in [0.717, 1.165) is 11.5 Å². The van der Waals surface area contributed by atoms with Gasteiger partial charge in [-0.15, -0.1) is 0 Å². The largest absolute Gasteiger partial charge is 0.467 e. The molecular formula is C26H26N4OS. The summed E-state index contributed by atoms with van der Waals surface area (Å²) < 4.78 is 8.00. The summed E-state index contributed by atoms with van der Waals surface area (Å²) in [6.07, 6.45) is 3.54. The number of rotatable bonds is 5. The summed E-state index contributed by atoms with van der Waals surface area (Å²) >= 11 is 5.80. The van der Waals surface area contributed by atoms with Crippen molar-refractivity contribution < 1.29 is 4.42 Å². The molecule has 1 aliphatic heterocycles. The molecule has 162 valence electrons. The minimum atomic E-state index is -0.0514. The smallest absolute Gasteiger partial charge is 0.170 e. The molecular weight excluding hydrogens is 416 g/mol. The van der Waals surface area contributed by atoms with Gasteiger partial charge in [-0.3, -0.25) is 4.98 Å². The van der Waals surface area contributed by atoms with Gasteiger partial charge in [-0.25, -0.2) is 0 Å². The molecule has 1 saturated heterocycles. The van der Waals surface area contributed by atoms with E-state index in [1.807, 2.05) is 30.5 Å². The van der Waals surface area contributed by atoms with Crippen molar-refractivity contribution in [1.29, 1.82) is 0 Å². The van der Waals surface area contributed by atoms with E-state index in [2.05, 4.69) is 76.9 Å². The van der Waals surface area contributed by atoms with E-state index in [0.29, 0.717) is 11.7 Å². The van der Waals surface area contributed by atoms with Gasteiger partial charge in [-0.2, -0.15) is 0 Å². The number of thiocarbonyl (C=S) groups is 1. The first-order chi connectivity index (χ1) is 15.5. The van der Waals surface area contributed by atoms with E-state index in [1.54, 1.807) is 6.26 Å². The lowest BCUT2D eigenvalue weighted by molar-refractivity contribution is 0.286. The number of aromatic nitrogens is 2. The van der Waals surface area contributed by atoms with E-state index in [4.69, 9.17) is 16.6 Å². The first kappa shape index (κ1) is 20.5. The third kappa shape index (κ3) is 3.50. The topological polar surface area (TPSA) is 46.2 Å². The van der Waals surface area contributed by atoms with E-state index in [9.17, 15) is 0 Å². The Morgan fingerprint density at radius 3 is 2.56 bits per heavy atom. The fraction of sp³-hybridized carbons (Fsp3) is 0.231. The molecule has 0 saturated carbocycles. The summed E-state index contributed by atoms with van der Waals surface area (Å²) in [6, 6.07) is 20.7. The third-order valence-electron chi connectivity index (χ3n) is 6.25. The molecule has 32 heavy (non-hydrogen) atoms. The number of aryl methyl sites for hydroxylation is 2. The van der Waals surface area contributed by atoms with Crippen LogP contribution in [0.5, 0.6) is 0 Å². The van der Waals surface area contributed by atoms with E-state index in [-0.39, 0.29) is 12.1 Å². The van der Waals surface area contributed by atoms with Gasteiger partial charge >= 0.3 is 0 Å². The molecule has 0 bridgehead atoms. The lowest BCUT2D eigenvalue weighted by atomic mass is 9.96. The van der Waals surface area contributed by atoms with Gasteiger partial charge in [0.05, 0.1) is 30.6 Å². The third-order valence-corrected chi connectivity index (χ3v) is 6.60. The standard InChI is InChI=1S/C26H26N4OS/c1-17-9-4-5-12-23(17)30-18(2)15-21(19(30)3)25-24(22-11-6-7-13-27-22)28-26(32)29(25)16-20-10-8-14-31-20/h4-15,24-25H,16H2,1-3H3,(H,28,32)/t24-,25+/m1/s1. The molecule has 0 aliphatic carbocycles. The fourth-order valence-corrected chi connectivity index (χ4v) is 5.06. The van der Waals surface area contributed by atoms with Crippen molar-refractivity contribution in [3.8, 4) is 5.69 Å². The second kappa shape index (κ2) is 8.28. The van der Waals surface area contributed by atoms with Crippen LogP contribution in [0, 0.1) is 20.8 Å². The summed E-state index contributed by atoms with van der Waals surface area (Å²) in [5.74, 6) is 0.883. The Morgan fingerprint density at radius 2 is 1.84 bits per heavy atom. The first-order valence-electron chi connectivity index (χ1n) is 10.8. The van der Waals surface area contributed by atoms with E-state index < -0.39 is 0 Å². The molecule has 4 aromatic rings. The van der Waals surface area contributed by atoms with Crippen molar-refractivity contribution >= 4 is 17.3 Å². The molecule has 1 aromatic carbocycles. The zero-order valence-electron chi connectivity index (χ0n) is 18.4. The fourth-order valence-electron chi connectivity index (χ4n) is 4.76. The van der Waals surface area contributed by atoms with Crippen LogP contribution in [0.1, 0.15) is 46.1 Å². The summed E-state index contributed by atoms with van der Waals surface area (Å²) in [7, 11) is 0. The molecule has 0 unspecified atom stereocenters. The van der Waals surface area contributed by atoms with Gasteiger partial charge in [-0.05, 0) is 80.5 Å². The van der Waals surface area contributed by atoms with Crippen molar-refractivity contribution in [1.82, 2.24) is 19.8 Å². The van der Waals surface area contributed by atoms with Crippen LogP contribution in [-0.2, 0) is 6.54 Å². The van der Waals surface area contributed by atoms with Crippen molar-refractivity contribution in [3.63, 3.8) is 0 Å². The Balaban J connectivity index is 1.64. The zero-order valence-corrected chi connectivity index (χ0v) is 19.3.